The van der Waals surface area contributed by atoms with E-state index in [2.05, 4.69) is 5.32 Å². The average molecular weight is 345 g/mol. The third kappa shape index (κ3) is 5.43. The predicted molar refractivity (Wildman–Crippen MR) is 84.2 cm³/mol. The standard InChI is InChI=1S/C15H23NO6S/c1-15(2,3)22-14(19)16-7-10(17)12(18)9-6-11(23-8-9)13-20-4-5-21-13/h6,8,10,12-13,17-18H,4-5,7H2,1-3H3,(H,16,19). The quantitative estimate of drug-likeness (QED) is 0.752. The van der Waals surface area contributed by atoms with Gasteiger partial charge in [-0.15, -0.1) is 11.3 Å². The normalized spacial score (nSPS) is 18.7. The Balaban J connectivity index is 1.84. The van der Waals surface area contributed by atoms with Crippen LogP contribution in [0.15, 0.2) is 11.4 Å². The molecule has 8 heteroatoms. The number of aliphatic hydroxyl groups is 2. The van der Waals surface area contributed by atoms with Crippen LogP contribution in [-0.2, 0) is 14.2 Å². The number of nitrogens with one attached hydrogen (secondary N) is 1. The Bertz CT molecular complexity index is 520. The molecule has 1 amide bonds. The van der Waals surface area contributed by atoms with E-state index in [9.17, 15) is 15.0 Å². The molecule has 3 N–H and O–H groups in total. The molecule has 1 fully saturated rings. The Kier molecular flexibility index (Phi) is 5.99. The molecule has 1 saturated heterocycles. The van der Waals surface area contributed by atoms with Gasteiger partial charge in [0.25, 0.3) is 0 Å². The first-order valence-corrected chi connectivity index (χ1v) is 8.29. The second-order valence-corrected chi connectivity index (χ2v) is 7.19. The van der Waals surface area contributed by atoms with E-state index < -0.39 is 30.2 Å². The third-order valence-electron chi connectivity index (χ3n) is 3.05. The maximum Gasteiger partial charge on any atom is 0.407 e. The molecule has 23 heavy (non-hydrogen) atoms. The zero-order valence-corrected chi connectivity index (χ0v) is 14.3. The largest absolute Gasteiger partial charge is 0.444 e. The van der Waals surface area contributed by atoms with Crippen molar-refractivity contribution in [3.63, 3.8) is 0 Å². The third-order valence-corrected chi connectivity index (χ3v) is 4.03. The second kappa shape index (κ2) is 7.59. The molecule has 0 aliphatic carbocycles. The minimum Gasteiger partial charge on any atom is -0.444 e. The van der Waals surface area contributed by atoms with Gasteiger partial charge in [0.2, 0.25) is 0 Å². The number of aliphatic hydroxyl groups excluding tert-OH is 2. The van der Waals surface area contributed by atoms with E-state index in [0.29, 0.717) is 18.8 Å². The summed E-state index contributed by atoms with van der Waals surface area (Å²) in [6.45, 7) is 6.22. The molecule has 0 bridgehead atoms. The van der Waals surface area contributed by atoms with Crippen molar-refractivity contribution in [2.75, 3.05) is 19.8 Å². The highest BCUT2D eigenvalue weighted by molar-refractivity contribution is 7.10. The maximum absolute atomic E-state index is 11.5. The van der Waals surface area contributed by atoms with Gasteiger partial charge >= 0.3 is 6.09 Å². The zero-order chi connectivity index (χ0) is 17.0. The SMILES string of the molecule is CC(C)(C)OC(=O)NCC(O)C(O)c1csc(C2OCCO2)c1. The van der Waals surface area contributed by atoms with E-state index in [1.165, 1.54) is 11.3 Å². The molecule has 0 radical (unpaired) electrons. The molecule has 2 heterocycles. The molecule has 130 valence electrons. The van der Waals surface area contributed by atoms with Crippen molar-refractivity contribution in [1.82, 2.24) is 5.32 Å². The molecule has 1 aliphatic rings. The Morgan fingerprint density at radius 2 is 2.09 bits per heavy atom. The van der Waals surface area contributed by atoms with Crippen LogP contribution in [0.1, 0.15) is 43.6 Å². The Morgan fingerprint density at radius 1 is 1.43 bits per heavy atom. The fourth-order valence-corrected chi connectivity index (χ4v) is 2.94. The van der Waals surface area contributed by atoms with E-state index in [4.69, 9.17) is 14.2 Å². The molecule has 0 saturated carbocycles. The molecule has 0 aromatic carbocycles. The summed E-state index contributed by atoms with van der Waals surface area (Å²) >= 11 is 1.39. The number of rotatable bonds is 5. The van der Waals surface area contributed by atoms with E-state index in [1.807, 2.05) is 0 Å². The molecule has 2 atom stereocenters. The highest BCUT2D eigenvalue weighted by atomic mass is 32.1. The summed E-state index contributed by atoms with van der Waals surface area (Å²) in [7, 11) is 0. The molecule has 1 aliphatic heterocycles. The number of hydrogen-bond donors (Lipinski definition) is 3. The molecule has 2 unspecified atom stereocenters. The topological polar surface area (TPSA) is 97.3 Å². The highest BCUT2D eigenvalue weighted by Gasteiger charge is 2.25. The van der Waals surface area contributed by atoms with Crippen molar-refractivity contribution >= 4 is 17.4 Å². The molecular formula is C15H23NO6S. The van der Waals surface area contributed by atoms with Gasteiger partial charge in [0.1, 0.15) is 17.8 Å². The minimum absolute atomic E-state index is 0.113. The summed E-state index contributed by atoms with van der Waals surface area (Å²) in [4.78, 5) is 12.4. The number of carbonyl (C=O) groups is 1. The van der Waals surface area contributed by atoms with Gasteiger partial charge in [0.15, 0.2) is 6.29 Å². The van der Waals surface area contributed by atoms with Gasteiger partial charge < -0.3 is 29.7 Å². The van der Waals surface area contributed by atoms with Crippen molar-refractivity contribution in [2.24, 2.45) is 0 Å². The molecule has 2 rings (SSSR count). The van der Waals surface area contributed by atoms with Crippen LogP contribution in [0.3, 0.4) is 0 Å². The smallest absolute Gasteiger partial charge is 0.407 e. The van der Waals surface area contributed by atoms with Gasteiger partial charge in [-0.1, -0.05) is 0 Å². The van der Waals surface area contributed by atoms with Crippen LogP contribution in [0.4, 0.5) is 4.79 Å². The molecule has 1 aromatic rings. The van der Waals surface area contributed by atoms with Crippen molar-refractivity contribution < 1.29 is 29.2 Å². The number of carbonyl (C=O) groups excluding carboxylic acids is 1. The van der Waals surface area contributed by atoms with E-state index in [-0.39, 0.29) is 6.54 Å². The number of hydrogen-bond acceptors (Lipinski definition) is 7. The van der Waals surface area contributed by atoms with Crippen LogP contribution in [-0.4, -0.2) is 47.8 Å². The summed E-state index contributed by atoms with van der Waals surface area (Å²) in [5.41, 5.74) is -0.0559. The minimum atomic E-state index is -1.14. The van der Waals surface area contributed by atoms with Crippen molar-refractivity contribution in [2.45, 2.75) is 44.9 Å². The summed E-state index contributed by atoms with van der Waals surface area (Å²) in [6.07, 6.45) is -3.30. The first kappa shape index (κ1) is 18.2. The Labute approximate surface area is 139 Å². The molecule has 7 nitrogen and oxygen atoms in total. The Hall–Kier alpha value is -1.19. The maximum atomic E-state index is 11.5. The highest BCUT2D eigenvalue weighted by Crippen LogP contribution is 2.31. The molecule has 0 spiro atoms. The van der Waals surface area contributed by atoms with Gasteiger partial charge in [-0.2, -0.15) is 0 Å². The van der Waals surface area contributed by atoms with E-state index in [1.54, 1.807) is 32.2 Å². The van der Waals surface area contributed by atoms with Gasteiger partial charge in [0, 0.05) is 6.54 Å². The fourth-order valence-electron chi connectivity index (χ4n) is 2.01. The average Bonchev–Trinajstić information content (AvgIpc) is 3.12. The van der Waals surface area contributed by atoms with E-state index in [0.717, 1.165) is 4.88 Å². The van der Waals surface area contributed by atoms with Crippen LogP contribution >= 0.6 is 11.3 Å². The second-order valence-electron chi connectivity index (χ2n) is 6.25. The monoisotopic (exact) mass is 345 g/mol. The lowest BCUT2D eigenvalue weighted by Crippen LogP contribution is -2.38. The summed E-state index contributed by atoms with van der Waals surface area (Å²) in [5, 5.41) is 24.4. The Morgan fingerprint density at radius 3 is 2.70 bits per heavy atom. The first-order chi connectivity index (χ1) is 10.8. The van der Waals surface area contributed by atoms with Crippen LogP contribution in [0.5, 0.6) is 0 Å². The van der Waals surface area contributed by atoms with Crippen molar-refractivity contribution in [1.29, 1.82) is 0 Å². The van der Waals surface area contributed by atoms with Crippen LogP contribution in [0, 0.1) is 0 Å². The fraction of sp³-hybridized carbons (Fsp3) is 0.667. The molecular weight excluding hydrogens is 322 g/mol. The van der Waals surface area contributed by atoms with Crippen molar-refractivity contribution in [3.05, 3.63) is 21.9 Å². The predicted octanol–water partition coefficient (Wildman–Crippen LogP) is 1.71. The van der Waals surface area contributed by atoms with Gasteiger partial charge in [0.05, 0.1) is 18.1 Å². The van der Waals surface area contributed by atoms with Crippen molar-refractivity contribution in [3.8, 4) is 0 Å². The van der Waals surface area contributed by atoms with Gasteiger partial charge in [-0.3, -0.25) is 0 Å². The number of ether oxygens (including phenoxy) is 3. The summed E-state index contributed by atoms with van der Waals surface area (Å²) in [5.74, 6) is 0. The number of thiophene rings is 1. The van der Waals surface area contributed by atoms with Crippen LogP contribution < -0.4 is 5.32 Å². The lowest BCUT2D eigenvalue weighted by molar-refractivity contribution is -0.0415. The van der Waals surface area contributed by atoms with Gasteiger partial charge in [-0.05, 0) is 37.8 Å². The molecule has 1 aromatic heterocycles. The lowest BCUT2D eigenvalue weighted by Gasteiger charge is -2.22. The number of alkyl carbamates (subject to hydrolysis) is 1. The lowest BCUT2D eigenvalue weighted by atomic mass is 10.1. The number of amides is 1. The van der Waals surface area contributed by atoms with Crippen LogP contribution in [0.2, 0.25) is 0 Å². The van der Waals surface area contributed by atoms with E-state index >= 15 is 0 Å². The zero-order valence-electron chi connectivity index (χ0n) is 13.4. The summed E-state index contributed by atoms with van der Waals surface area (Å²) in [6, 6.07) is 1.74. The van der Waals surface area contributed by atoms with Gasteiger partial charge in [-0.25, -0.2) is 4.79 Å². The first-order valence-electron chi connectivity index (χ1n) is 7.41. The van der Waals surface area contributed by atoms with Crippen LogP contribution in [0.25, 0.3) is 0 Å². The summed E-state index contributed by atoms with van der Waals surface area (Å²) < 4.78 is 15.8.